The molecule has 0 bridgehead atoms. The van der Waals surface area contributed by atoms with Gasteiger partial charge in [0.1, 0.15) is 6.61 Å². The van der Waals surface area contributed by atoms with Crippen molar-refractivity contribution < 1.29 is 29.1 Å². The van der Waals surface area contributed by atoms with Gasteiger partial charge < -0.3 is 14.6 Å². The van der Waals surface area contributed by atoms with Crippen LogP contribution in [-0.4, -0.2) is 40.8 Å². The molecule has 1 heterocycles. The van der Waals surface area contributed by atoms with Crippen molar-refractivity contribution in [3.05, 3.63) is 81.4 Å². The average molecular weight is 383 g/mol. The normalized spacial score (nSPS) is 20.0. The number of aliphatic hydroxyl groups excluding tert-OH is 1. The third-order valence-electron chi connectivity index (χ3n) is 4.29. The van der Waals surface area contributed by atoms with E-state index in [4.69, 9.17) is 9.47 Å². The molecule has 0 aromatic heterocycles. The molecule has 1 aliphatic heterocycles. The number of nitro groups is 1. The Hall–Kier alpha value is -3.52. The van der Waals surface area contributed by atoms with Crippen LogP contribution in [0.15, 0.2) is 60.2 Å². The van der Waals surface area contributed by atoms with E-state index in [1.54, 1.807) is 6.08 Å². The van der Waals surface area contributed by atoms with Crippen molar-refractivity contribution in [2.45, 2.75) is 12.0 Å². The molecule has 2 aromatic carbocycles. The SMILES string of the molecule is O=C1OC(CO)(COC(=O)c2ccc([N+](=O)[O-])cc2)C/C1=C/c1ccccc1. The summed E-state index contributed by atoms with van der Waals surface area (Å²) >= 11 is 0. The zero-order valence-electron chi connectivity index (χ0n) is 14.7. The molecule has 1 atom stereocenters. The highest BCUT2D eigenvalue weighted by molar-refractivity contribution is 5.96. The van der Waals surface area contributed by atoms with Crippen LogP contribution in [0.3, 0.4) is 0 Å². The first-order valence-corrected chi connectivity index (χ1v) is 8.44. The van der Waals surface area contributed by atoms with Crippen molar-refractivity contribution >= 4 is 23.7 Å². The van der Waals surface area contributed by atoms with Gasteiger partial charge in [0.2, 0.25) is 0 Å². The third-order valence-corrected chi connectivity index (χ3v) is 4.29. The molecule has 1 fully saturated rings. The molecule has 1 unspecified atom stereocenters. The van der Waals surface area contributed by atoms with E-state index >= 15 is 0 Å². The molecule has 0 spiro atoms. The molecular formula is C20H17NO7. The fourth-order valence-electron chi connectivity index (χ4n) is 2.79. The van der Waals surface area contributed by atoms with Crippen LogP contribution in [0.2, 0.25) is 0 Å². The van der Waals surface area contributed by atoms with E-state index in [-0.39, 0.29) is 24.3 Å². The van der Waals surface area contributed by atoms with E-state index in [0.29, 0.717) is 5.57 Å². The van der Waals surface area contributed by atoms with Gasteiger partial charge in [0.15, 0.2) is 5.60 Å². The molecule has 8 nitrogen and oxygen atoms in total. The number of hydrogen-bond donors (Lipinski definition) is 1. The summed E-state index contributed by atoms with van der Waals surface area (Å²) in [6.07, 6.45) is 1.75. The molecule has 0 saturated carbocycles. The number of hydrogen-bond acceptors (Lipinski definition) is 7. The van der Waals surface area contributed by atoms with Crippen LogP contribution in [0.25, 0.3) is 6.08 Å². The Morgan fingerprint density at radius 3 is 2.50 bits per heavy atom. The number of cyclic esters (lactones) is 1. The number of ether oxygens (including phenoxy) is 2. The van der Waals surface area contributed by atoms with E-state index < -0.39 is 29.1 Å². The van der Waals surface area contributed by atoms with Crippen LogP contribution in [0.1, 0.15) is 22.3 Å². The van der Waals surface area contributed by atoms with Crippen LogP contribution < -0.4 is 0 Å². The van der Waals surface area contributed by atoms with Gasteiger partial charge in [0.05, 0.1) is 17.1 Å². The molecule has 2 aromatic rings. The van der Waals surface area contributed by atoms with Crippen LogP contribution in [-0.2, 0) is 14.3 Å². The van der Waals surface area contributed by atoms with E-state index in [0.717, 1.165) is 5.56 Å². The number of carbonyl (C=O) groups is 2. The topological polar surface area (TPSA) is 116 Å². The monoisotopic (exact) mass is 383 g/mol. The number of benzene rings is 2. The highest BCUT2D eigenvalue weighted by Gasteiger charge is 2.44. The van der Waals surface area contributed by atoms with Crippen molar-refractivity contribution in [3.63, 3.8) is 0 Å². The second-order valence-corrected chi connectivity index (χ2v) is 6.37. The molecule has 3 rings (SSSR count). The second kappa shape index (κ2) is 8.01. The molecule has 1 N–H and O–H groups in total. The highest BCUT2D eigenvalue weighted by Crippen LogP contribution is 2.32. The second-order valence-electron chi connectivity index (χ2n) is 6.37. The van der Waals surface area contributed by atoms with Gasteiger partial charge in [-0.1, -0.05) is 30.3 Å². The predicted molar refractivity (Wildman–Crippen MR) is 98.3 cm³/mol. The van der Waals surface area contributed by atoms with Gasteiger partial charge in [-0.15, -0.1) is 0 Å². The Morgan fingerprint density at radius 1 is 1.21 bits per heavy atom. The predicted octanol–water partition coefficient (Wildman–Crippen LogP) is 2.51. The fourth-order valence-corrected chi connectivity index (χ4v) is 2.79. The summed E-state index contributed by atoms with van der Waals surface area (Å²) in [6.45, 7) is -0.852. The molecule has 0 radical (unpaired) electrons. The first kappa shape index (κ1) is 19.2. The maximum atomic E-state index is 12.2. The van der Waals surface area contributed by atoms with Crippen LogP contribution >= 0.6 is 0 Å². The van der Waals surface area contributed by atoms with Crippen LogP contribution in [0.5, 0.6) is 0 Å². The molecule has 0 amide bonds. The molecule has 1 saturated heterocycles. The summed E-state index contributed by atoms with van der Waals surface area (Å²) in [7, 11) is 0. The van der Waals surface area contributed by atoms with Gasteiger partial charge in [-0.25, -0.2) is 9.59 Å². The van der Waals surface area contributed by atoms with Gasteiger partial charge in [0.25, 0.3) is 5.69 Å². The van der Waals surface area contributed by atoms with E-state index in [9.17, 15) is 24.8 Å². The van der Waals surface area contributed by atoms with Gasteiger partial charge in [-0.3, -0.25) is 10.1 Å². The largest absolute Gasteiger partial charge is 0.458 e. The molecular weight excluding hydrogens is 366 g/mol. The third kappa shape index (κ3) is 4.24. The number of nitro benzene ring substituents is 1. The van der Waals surface area contributed by atoms with Crippen LogP contribution in [0, 0.1) is 10.1 Å². The number of esters is 2. The molecule has 144 valence electrons. The standard InChI is InChI=1S/C20H17NO7/c22-12-20(11-16(19(24)28-20)10-14-4-2-1-3-5-14)13-27-18(23)15-6-8-17(9-7-15)21(25)26/h1-10,22H,11-13H2/b16-10-. The first-order valence-electron chi connectivity index (χ1n) is 8.44. The van der Waals surface area contributed by atoms with Crippen molar-refractivity contribution in [2.75, 3.05) is 13.2 Å². The van der Waals surface area contributed by atoms with Gasteiger partial charge in [0, 0.05) is 24.1 Å². The Bertz CT molecular complexity index is 921. The molecule has 0 aliphatic carbocycles. The quantitative estimate of drug-likeness (QED) is 0.353. The lowest BCUT2D eigenvalue weighted by Gasteiger charge is -2.24. The lowest BCUT2D eigenvalue weighted by atomic mass is 9.98. The van der Waals surface area contributed by atoms with Crippen LogP contribution in [0.4, 0.5) is 5.69 Å². The molecule has 28 heavy (non-hydrogen) atoms. The zero-order chi connectivity index (χ0) is 20.1. The number of carbonyl (C=O) groups excluding carboxylic acids is 2. The number of nitrogens with zero attached hydrogens (tertiary/aromatic N) is 1. The number of rotatable bonds is 6. The summed E-state index contributed by atoms with van der Waals surface area (Å²) < 4.78 is 10.5. The van der Waals surface area contributed by atoms with E-state index in [2.05, 4.69) is 0 Å². The minimum absolute atomic E-state index is 0.0881. The summed E-state index contributed by atoms with van der Waals surface area (Å²) in [5.74, 6) is -1.32. The lowest BCUT2D eigenvalue weighted by molar-refractivity contribution is -0.384. The maximum Gasteiger partial charge on any atom is 0.338 e. The van der Waals surface area contributed by atoms with Gasteiger partial charge in [-0.05, 0) is 23.8 Å². The van der Waals surface area contributed by atoms with E-state index in [1.165, 1.54) is 24.3 Å². The Labute approximate surface area is 160 Å². The smallest absolute Gasteiger partial charge is 0.338 e. The number of aliphatic hydroxyl groups is 1. The minimum atomic E-state index is -1.35. The Balaban J connectivity index is 1.68. The summed E-state index contributed by atoms with van der Waals surface area (Å²) in [6, 6.07) is 14.1. The van der Waals surface area contributed by atoms with Crippen molar-refractivity contribution in [1.29, 1.82) is 0 Å². The van der Waals surface area contributed by atoms with Crippen molar-refractivity contribution in [1.82, 2.24) is 0 Å². The van der Waals surface area contributed by atoms with Gasteiger partial charge >= 0.3 is 11.9 Å². The highest BCUT2D eigenvalue weighted by atomic mass is 16.6. The Morgan fingerprint density at radius 2 is 1.89 bits per heavy atom. The van der Waals surface area contributed by atoms with Crippen molar-refractivity contribution in [2.24, 2.45) is 0 Å². The summed E-state index contributed by atoms with van der Waals surface area (Å²) in [4.78, 5) is 34.4. The molecule has 1 aliphatic rings. The number of non-ortho nitro benzene ring substituents is 1. The van der Waals surface area contributed by atoms with E-state index in [1.807, 2.05) is 30.3 Å². The average Bonchev–Trinajstić information content (AvgIpc) is 3.03. The minimum Gasteiger partial charge on any atom is -0.458 e. The summed E-state index contributed by atoms with van der Waals surface area (Å²) in [5.41, 5.74) is -0.210. The molecule has 8 heteroatoms. The van der Waals surface area contributed by atoms with Gasteiger partial charge in [-0.2, -0.15) is 0 Å². The Kier molecular flexibility index (Phi) is 5.51. The van der Waals surface area contributed by atoms with Crippen molar-refractivity contribution in [3.8, 4) is 0 Å². The fraction of sp³-hybridized carbons (Fsp3) is 0.200. The first-order chi connectivity index (χ1) is 13.4. The maximum absolute atomic E-state index is 12.2. The lowest BCUT2D eigenvalue weighted by Crippen LogP contribution is -2.39. The summed E-state index contributed by atoms with van der Waals surface area (Å²) in [5, 5.41) is 20.4. The zero-order valence-corrected chi connectivity index (χ0v) is 14.7.